The molecule has 10 heteroatoms. The fourth-order valence-corrected chi connectivity index (χ4v) is 3.86. The van der Waals surface area contributed by atoms with Gasteiger partial charge in [0.1, 0.15) is 17.1 Å². The maximum absolute atomic E-state index is 13.0. The molecule has 1 amide bonds. The Morgan fingerprint density at radius 1 is 1.00 bits per heavy atom. The van der Waals surface area contributed by atoms with Crippen molar-refractivity contribution in [2.75, 3.05) is 11.1 Å². The normalized spacial score (nSPS) is 15.9. The lowest BCUT2D eigenvalue weighted by Crippen LogP contribution is -2.45. The summed E-state index contributed by atoms with van der Waals surface area (Å²) in [5, 5.41) is 13.2. The van der Waals surface area contributed by atoms with Crippen molar-refractivity contribution in [1.82, 2.24) is 9.13 Å². The Bertz CT molecular complexity index is 1420. The highest BCUT2D eigenvalue weighted by molar-refractivity contribution is 6.24. The second-order valence-corrected chi connectivity index (χ2v) is 8.82. The molecule has 1 aromatic heterocycles. The van der Waals surface area contributed by atoms with Gasteiger partial charge in [-0.2, -0.15) is 0 Å². The first-order valence-electron chi connectivity index (χ1n) is 11.0. The zero-order valence-electron chi connectivity index (χ0n) is 20.3. The highest BCUT2D eigenvalue weighted by atomic mass is 16.3. The number of nitrogens with one attached hydrogen (secondary N) is 1. The van der Waals surface area contributed by atoms with Gasteiger partial charge in [0, 0.05) is 29.3 Å². The number of amides is 1. The third kappa shape index (κ3) is 4.52. The molecule has 184 valence electrons. The summed E-state index contributed by atoms with van der Waals surface area (Å²) in [5.41, 5.74) is 3.78. The van der Waals surface area contributed by atoms with Gasteiger partial charge in [-0.25, -0.2) is 9.36 Å². The van der Waals surface area contributed by atoms with Crippen molar-refractivity contribution in [2.45, 2.75) is 46.1 Å². The van der Waals surface area contributed by atoms with E-state index >= 15 is 0 Å². The first-order chi connectivity index (χ1) is 16.3. The van der Waals surface area contributed by atoms with E-state index in [-0.39, 0.29) is 47.1 Å². The van der Waals surface area contributed by atoms with Gasteiger partial charge in [0.2, 0.25) is 0 Å². The van der Waals surface area contributed by atoms with Crippen molar-refractivity contribution in [3.8, 4) is 5.69 Å². The standard InChI is InChI=1S/C25H28N4O6/c1-13-14(2)20(31)17(15(3)19(13)30)11-12-25(4,35)23(33)27-18-21(26)29(16-9-7-6-8-10-16)24(34)28(5)22(18)32/h6-10,35H,11-12,26H2,1-5H3,(H,27,33). The van der Waals surface area contributed by atoms with Crippen LogP contribution in [0.15, 0.2) is 62.2 Å². The van der Waals surface area contributed by atoms with E-state index in [1.807, 2.05) is 0 Å². The quantitative estimate of drug-likeness (QED) is 0.528. The van der Waals surface area contributed by atoms with Gasteiger partial charge in [0.05, 0.1) is 5.69 Å². The van der Waals surface area contributed by atoms with Crippen molar-refractivity contribution in [1.29, 1.82) is 0 Å². The average Bonchev–Trinajstić information content (AvgIpc) is 2.83. The Balaban J connectivity index is 1.90. The number of rotatable bonds is 6. The van der Waals surface area contributed by atoms with Crippen LogP contribution in [0.3, 0.4) is 0 Å². The minimum absolute atomic E-state index is 0.0293. The third-order valence-corrected chi connectivity index (χ3v) is 6.41. The second-order valence-electron chi connectivity index (χ2n) is 8.82. The number of ketones is 2. The third-order valence-electron chi connectivity index (χ3n) is 6.41. The number of benzene rings is 1. The van der Waals surface area contributed by atoms with Crippen LogP contribution >= 0.6 is 0 Å². The largest absolute Gasteiger partial charge is 0.383 e. The number of allylic oxidation sites excluding steroid dienone is 4. The first kappa shape index (κ1) is 25.6. The van der Waals surface area contributed by atoms with Gasteiger partial charge < -0.3 is 16.2 Å². The topological polar surface area (TPSA) is 153 Å². The Kier molecular flexibility index (Phi) is 6.80. The predicted octanol–water partition coefficient (Wildman–Crippen LogP) is 1.39. The van der Waals surface area contributed by atoms with E-state index in [9.17, 15) is 29.1 Å². The summed E-state index contributed by atoms with van der Waals surface area (Å²) in [6, 6.07) is 8.33. The number of carbonyl (C=O) groups excluding carboxylic acids is 3. The average molecular weight is 481 g/mol. The molecule has 10 nitrogen and oxygen atoms in total. The number of hydrogen-bond acceptors (Lipinski definition) is 7. The van der Waals surface area contributed by atoms with Gasteiger partial charge in [-0.3, -0.25) is 23.7 Å². The number of nitrogens with two attached hydrogens (primary N) is 1. The Morgan fingerprint density at radius 2 is 1.57 bits per heavy atom. The molecule has 1 unspecified atom stereocenters. The number of nitrogens with zero attached hydrogens (tertiary/aromatic N) is 2. The number of nitrogen functional groups attached to an aromatic ring is 1. The molecule has 0 bridgehead atoms. The van der Waals surface area contributed by atoms with Crippen LogP contribution in [0.4, 0.5) is 11.5 Å². The van der Waals surface area contributed by atoms with Crippen molar-refractivity contribution < 1.29 is 19.5 Å². The van der Waals surface area contributed by atoms with Crippen molar-refractivity contribution in [3.63, 3.8) is 0 Å². The van der Waals surface area contributed by atoms with E-state index in [1.165, 1.54) is 20.9 Å². The fourth-order valence-electron chi connectivity index (χ4n) is 3.86. The Morgan fingerprint density at radius 3 is 2.17 bits per heavy atom. The van der Waals surface area contributed by atoms with Crippen LogP contribution in [0.25, 0.3) is 5.69 Å². The molecule has 4 N–H and O–H groups in total. The van der Waals surface area contributed by atoms with Gasteiger partial charge >= 0.3 is 5.69 Å². The highest BCUT2D eigenvalue weighted by Crippen LogP contribution is 2.29. The monoisotopic (exact) mass is 480 g/mol. The maximum atomic E-state index is 13.0. The van der Waals surface area contributed by atoms with Crippen LogP contribution < -0.4 is 22.3 Å². The van der Waals surface area contributed by atoms with Crippen LogP contribution in [-0.2, 0) is 21.4 Å². The van der Waals surface area contributed by atoms with Gasteiger partial charge in [0.25, 0.3) is 11.5 Å². The van der Waals surface area contributed by atoms with E-state index in [4.69, 9.17) is 5.73 Å². The Hall–Kier alpha value is -4.05. The van der Waals surface area contributed by atoms with Crippen molar-refractivity contribution >= 4 is 29.0 Å². The van der Waals surface area contributed by atoms with E-state index in [0.717, 1.165) is 9.13 Å². The van der Waals surface area contributed by atoms with Gasteiger partial charge in [0.15, 0.2) is 11.6 Å². The zero-order chi connectivity index (χ0) is 26.2. The summed E-state index contributed by atoms with van der Waals surface area (Å²) in [5.74, 6) is -1.79. The molecule has 0 spiro atoms. The van der Waals surface area contributed by atoms with Crippen LogP contribution in [0.1, 0.15) is 40.5 Å². The zero-order valence-corrected chi connectivity index (χ0v) is 20.3. The molecular weight excluding hydrogens is 452 g/mol. The summed E-state index contributed by atoms with van der Waals surface area (Å²) < 4.78 is 1.87. The number of carbonyl (C=O) groups is 3. The summed E-state index contributed by atoms with van der Waals surface area (Å²) in [6.07, 6.45) is -0.228. The maximum Gasteiger partial charge on any atom is 0.337 e. The minimum Gasteiger partial charge on any atom is -0.383 e. The molecule has 1 atom stereocenters. The molecule has 1 aliphatic carbocycles. The van der Waals surface area contributed by atoms with Crippen LogP contribution in [0.5, 0.6) is 0 Å². The summed E-state index contributed by atoms with van der Waals surface area (Å²) >= 11 is 0. The number of Topliss-reactive ketones (excluding diaryl/α,β-unsaturated/α-hetero) is 2. The number of aromatic nitrogens is 2. The predicted molar refractivity (Wildman–Crippen MR) is 131 cm³/mol. The molecule has 0 saturated carbocycles. The van der Waals surface area contributed by atoms with E-state index in [2.05, 4.69) is 5.32 Å². The molecule has 35 heavy (non-hydrogen) atoms. The number of anilines is 2. The fraction of sp³-hybridized carbons (Fsp3) is 0.320. The lowest BCUT2D eigenvalue weighted by atomic mass is 9.82. The van der Waals surface area contributed by atoms with E-state index < -0.39 is 22.8 Å². The van der Waals surface area contributed by atoms with Crippen LogP contribution in [0, 0.1) is 0 Å². The second kappa shape index (κ2) is 9.30. The van der Waals surface area contributed by atoms with Gasteiger partial charge in [-0.1, -0.05) is 18.2 Å². The van der Waals surface area contributed by atoms with Gasteiger partial charge in [-0.15, -0.1) is 0 Å². The lowest BCUT2D eigenvalue weighted by molar-refractivity contribution is -0.133. The number of para-hydroxylation sites is 1. The molecule has 1 heterocycles. The van der Waals surface area contributed by atoms with E-state index in [1.54, 1.807) is 44.2 Å². The van der Waals surface area contributed by atoms with Crippen molar-refractivity contribution in [2.24, 2.45) is 7.05 Å². The first-order valence-corrected chi connectivity index (χ1v) is 11.0. The number of aliphatic hydroxyl groups is 1. The molecule has 3 rings (SSSR count). The minimum atomic E-state index is -2.02. The lowest BCUT2D eigenvalue weighted by Gasteiger charge is -2.25. The van der Waals surface area contributed by atoms with E-state index in [0.29, 0.717) is 16.8 Å². The summed E-state index contributed by atoms with van der Waals surface area (Å²) in [4.78, 5) is 63.4. The summed E-state index contributed by atoms with van der Waals surface area (Å²) in [6.45, 7) is 5.92. The SMILES string of the molecule is CC1=C(C)C(=O)C(CCC(C)(O)C(=O)Nc2c(N)n(-c3ccccc3)c(=O)n(C)c2=O)=C(C)C1=O. The molecule has 0 fully saturated rings. The molecule has 1 aliphatic rings. The molecule has 2 aromatic rings. The molecule has 0 aliphatic heterocycles. The molecular formula is C25H28N4O6. The molecule has 1 aromatic carbocycles. The Labute approximate surface area is 201 Å². The van der Waals surface area contributed by atoms with Crippen LogP contribution in [0.2, 0.25) is 0 Å². The summed E-state index contributed by atoms with van der Waals surface area (Å²) in [7, 11) is 1.25. The van der Waals surface area contributed by atoms with Gasteiger partial charge in [-0.05, 0) is 52.7 Å². The smallest absolute Gasteiger partial charge is 0.337 e. The highest BCUT2D eigenvalue weighted by Gasteiger charge is 2.35. The molecule has 0 saturated heterocycles. The van der Waals surface area contributed by atoms with Crippen molar-refractivity contribution in [3.05, 3.63) is 73.5 Å². The number of hydrogen-bond donors (Lipinski definition) is 3. The molecule has 0 radical (unpaired) electrons. The van der Waals surface area contributed by atoms with Crippen LogP contribution in [-0.4, -0.2) is 37.3 Å².